The first-order valence-corrected chi connectivity index (χ1v) is 7.37. The molecular formula is C14H17N5O2. The third-order valence-corrected chi connectivity index (χ3v) is 4.77. The number of aryl methyl sites for hydroxylation is 1. The predicted octanol–water partition coefficient (Wildman–Crippen LogP) is 0.362. The molecule has 4 rings (SSSR count). The van der Waals surface area contributed by atoms with E-state index in [2.05, 4.69) is 24.7 Å². The number of hydrogen-bond acceptors (Lipinski definition) is 4. The summed E-state index contributed by atoms with van der Waals surface area (Å²) in [5.41, 5.74) is 0.256. The Morgan fingerprint density at radius 3 is 2.76 bits per heavy atom. The van der Waals surface area contributed by atoms with Gasteiger partial charge in [-0.05, 0) is 31.1 Å². The van der Waals surface area contributed by atoms with Crippen molar-refractivity contribution in [2.24, 2.45) is 5.41 Å². The summed E-state index contributed by atoms with van der Waals surface area (Å²) in [5, 5.41) is 8.53. The third kappa shape index (κ3) is 2.32. The van der Waals surface area contributed by atoms with Gasteiger partial charge in [0, 0.05) is 31.1 Å². The Bertz CT molecular complexity index is 768. The zero-order chi connectivity index (χ0) is 14.4. The summed E-state index contributed by atoms with van der Waals surface area (Å²) in [5.74, 6) is 1.85. The molecule has 7 nitrogen and oxygen atoms in total. The molecule has 2 aromatic heterocycles. The Balaban J connectivity index is 1.63. The molecule has 0 aromatic carbocycles. The normalized spacial score (nSPS) is 19.2. The quantitative estimate of drug-likeness (QED) is 0.833. The summed E-state index contributed by atoms with van der Waals surface area (Å²) < 4.78 is 2.16. The van der Waals surface area contributed by atoms with E-state index in [1.807, 2.05) is 0 Å². The van der Waals surface area contributed by atoms with Gasteiger partial charge in [0.25, 0.3) is 5.56 Å². The lowest BCUT2D eigenvalue weighted by Crippen LogP contribution is -2.23. The standard InChI is InChI=1S/C14H17N5O2/c20-12-8-9(15-13(21)16-12)7-11-18-17-10-1-2-14(3-4-14)5-6-19(10)11/h8H,1-7H2,(H2,15,16,20,21). The smallest absolute Gasteiger partial charge is 0.315 e. The summed E-state index contributed by atoms with van der Waals surface area (Å²) in [6.07, 6.45) is 6.45. The van der Waals surface area contributed by atoms with Crippen LogP contribution in [0.15, 0.2) is 15.7 Å². The van der Waals surface area contributed by atoms with Crippen LogP contribution in [-0.4, -0.2) is 24.7 Å². The Hall–Kier alpha value is -2.18. The van der Waals surface area contributed by atoms with Gasteiger partial charge < -0.3 is 9.55 Å². The highest BCUT2D eigenvalue weighted by Gasteiger charge is 2.43. The lowest BCUT2D eigenvalue weighted by atomic mass is 9.97. The van der Waals surface area contributed by atoms with Crippen LogP contribution in [0.5, 0.6) is 0 Å². The van der Waals surface area contributed by atoms with Crippen molar-refractivity contribution in [2.45, 2.75) is 45.1 Å². The number of fused-ring (bicyclic) bond motifs is 1. The van der Waals surface area contributed by atoms with Crippen molar-refractivity contribution in [1.29, 1.82) is 0 Å². The number of nitrogens with one attached hydrogen (secondary N) is 2. The zero-order valence-electron chi connectivity index (χ0n) is 11.7. The van der Waals surface area contributed by atoms with Crippen LogP contribution in [0.3, 0.4) is 0 Å². The molecule has 2 aromatic rings. The maximum absolute atomic E-state index is 11.4. The number of hydrogen-bond donors (Lipinski definition) is 2. The van der Waals surface area contributed by atoms with Gasteiger partial charge in [0.05, 0.1) is 0 Å². The summed E-state index contributed by atoms with van der Waals surface area (Å²) in [7, 11) is 0. The molecule has 21 heavy (non-hydrogen) atoms. The van der Waals surface area contributed by atoms with Crippen LogP contribution < -0.4 is 11.2 Å². The summed E-state index contributed by atoms with van der Waals surface area (Å²) in [6.45, 7) is 0.936. The summed E-state index contributed by atoms with van der Waals surface area (Å²) in [6, 6.07) is 1.40. The first-order valence-electron chi connectivity index (χ1n) is 7.37. The summed E-state index contributed by atoms with van der Waals surface area (Å²) in [4.78, 5) is 27.5. The summed E-state index contributed by atoms with van der Waals surface area (Å²) >= 11 is 0. The van der Waals surface area contributed by atoms with Crippen LogP contribution >= 0.6 is 0 Å². The van der Waals surface area contributed by atoms with E-state index in [1.165, 1.54) is 31.7 Å². The fourth-order valence-corrected chi connectivity index (χ4v) is 3.26. The van der Waals surface area contributed by atoms with Crippen LogP contribution in [0.25, 0.3) is 0 Å². The molecule has 0 unspecified atom stereocenters. The van der Waals surface area contributed by atoms with Gasteiger partial charge in [-0.25, -0.2) is 4.79 Å². The molecule has 0 bridgehead atoms. The average Bonchev–Trinajstić information content (AvgIpc) is 3.14. The maximum atomic E-state index is 11.4. The number of H-pyrrole nitrogens is 2. The second kappa shape index (κ2) is 4.41. The molecule has 0 atom stereocenters. The molecule has 0 amide bonds. The largest absolute Gasteiger partial charge is 0.325 e. The highest BCUT2D eigenvalue weighted by Crippen LogP contribution is 2.53. The third-order valence-electron chi connectivity index (χ3n) is 4.77. The van der Waals surface area contributed by atoms with Crippen molar-refractivity contribution in [1.82, 2.24) is 24.7 Å². The van der Waals surface area contributed by atoms with Gasteiger partial charge >= 0.3 is 5.69 Å². The molecule has 1 aliphatic heterocycles. The Kier molecular flexibility index (Phi) is 2.63. The van der Waals surface area contributed by atoms with Crippen LogP contribution in [0.2, 0.25) is 0 Å². The van der Waals surface area contributed by atoms with E-state index >= 15 is 0 Å². The Morgan fingerprint density at radius 1 is 1.14 bits per heavy atom. The fraction of sp³-hybridized carbons (Fsp3) is 0.571. The van der Waals surface area contributed by atoms with Crippen LogP contribution in [0.4, 0.5) is 0 Å². The minimum atomic E-state index is -0.481. The van der Waals surface area contributed by atoms with Gasteiger partial charge in [0.1, 0.15) is 11.6 Å². The lowest BCUT2D eigenvalue weighted by Gasteiger charge is -2.10. The van der Waals surface area contributed by atoms with Gasteiger partial charge in [-0.1, -0.05) is 0 Å². The molecule has 110 valence electrons. The number of aromatic nitrogens is 5. The van der Waals surface area contributed by atoms with Crippen molar-refractivity contribution in [3.63, 3.8) is 0 Å². The molecule has 1 aliphatic carbocycles. The molecule has 0 saturated heterocycles. The lowest BCUT2D eigenvalue weighted by molar-refractivity contribution is 0.422. The molecule has 7 heteroatoms. The molecule has 1 fully saturated rings. The monoisotopic (exact) mass is 287 g/mol. The van der Waals surface area contributed by atoms with E-state index < -0.39 is 5.69 Å². The van der Waals surface area contributed by atoms with E-state index in [0.29, 0.717) is 17.5 Å². The second-order valence-corrected chi connectivity index (χ2v) is 6.22. The minimum absolute atomic E-state index is 0.388. The number of aromatic amines is 2. The van der Waals surface area contributed by atoms with E-state index in [0.717, 1.165) is 24.6 Å². The Morgan fingerprint density at radius 2 is 2.00 bits per heavy atom. The van der Waals surface area contributed by atoms with Crippen LogP contribution in [-0.2, 0) is 19.4 Å². The van der Waals surface area contributed by atoms with Crippen LogP contribution in [0.1, 0.15) is 43.0 Å². The van der Waals surface area contributed by atoms with E-state index in [-0.39, 0.29) is 5.56 Å². The molecule has 3 heterocycles. The molecule has 1 saturated carbocycles. The van der Waals surface area contributed by atoms with E-state index in [9.17, 15) is 9.59 Å². The number of rotatable bonds is 2. The average molecular weight is 287 g/mol. The maximum Gasteiger partial charge on any atom is 0.325 e. The minimum Gasteiger partial charge on any atom is -0.315 e. The molecule has 2 aliphatic rings. The van der Waals surface area contributed by atoms with Gasteiger partial charge in [-0.2, -0.15) is 0 Å². The van der Waals surface area contributed by atoms with Crippen molar-refractivity contribution < 1.29 is 0 Å². The van der Waals surface area contributed by atoms with Crippen molar-refractivity contribution in [3.05, 3.63) is 44.2 Å². The number of nitrogens with zero attached hydrogens (tertiary/aromatic N) is 3. The Labute approximate surface area is 120 Å². The SMILES string of the molecule is O=c1cc(Cc2nnc3n2CCC2(CC3)CC2)[nH]c(=O)[nH]1. The predicted molar refractivity (Wildman–Crippen MR) is 75.1 cm³/mol. The van der Waals surface area contributed by atoms with Crippen molar-refractivity contribution in [3.8, 4) is 0 Å². The zero-order valence-corrected chi connectivity index (χ0v) is 11.7. The van der Waals surface area contributed by atoms with Crippen molar-refractivity contribution >= 4 is 0 Å². The fourth-order valence-electron chi connectivity index (χ4n) is 3.26. The second-order valence-electron chi connectivity index (χ2n) is 6.22. The molecule has 2 N–H and O–H groups in total. The highest BCUT2D eigenvalue weighted by atomic mass is 16.2. The highest BCUT2D eigenvalue weighted by molar-refractivity contribution is 5.11. The topological polar surface area (TPSA) is 96.4 Å². The molecular weight excluding hydrogens is 270 g/mol. The first kappa shape index (κ1) is 12.6. The van der Waals surface area contributed by atoms with Gasteiger partial charge in [-0.3, -0.25) is 9.78 Å². The van der Waals surface area contributed by atoms with Gasteiger partial charge in [0.15, 0.2) is 0 Å². The van der Waals surface area contributed by atoms with Gasteiger partial charge in [-0.15, -0.1) is 10.2 Å². The van der Waals surface area contributed by atoms with E-state index in [1.54, 1.807) is 0 Å². The van der Waals surface area contributed by atoms with Crippen molar-refractivity contribution in [2.75, 3.05) is 0 Å². The first-order chi connectivity index (χ1) is 10.1. The van der Waals surface area contributed by atoms with Gasteiger partial charge in [0.2, 0.25) is 0 Å². The van der Waals surface area contributed by atoms with Crippen LogP contribution in [0, 0.1) is 5.41 Å². The molecule has 0 radical (unpaired) electrons. The van der Waals surface area contributed by atoms with E-state index in [4.69, 9.17) is 0 Å². The molecule has 1 spiro atoms.